The van der Waals surface area contributed by atoms with Crippen molar-refractivity contribution in [3.63, 3.8) is 0 Å². The van der Waals surface area contributed by atoms with E-state index in [1.54, 1.807) is 30.5 Å². The Morgan fingerprint density at radius 1 is 0.941 bits per heavy atom. The smallest absolute Gasteiger partial charge is 0.243 e. The van der Waals surface area contributed by atoms with E-state index in [1.807, 2.05) is 48.5 Å². The van der Waals surface area contributed by atoms with Crippen LogP contribution in [-0.2, 0) is 16.6 Å². The fourth-order valence-corrected chi connectivity index (χ4v) is 5.66. The second kappa shape index (κ2) is 9.17. The van der Waals surface area contributed by atoms with Gasteiger partial charge >= 0.3 is 0 Å². The van der Waals surface area contributed by atoms with Crippen LogP contribution < -0.4 is 4.74 Å². The van der Waals surface area contributed by atoms with Crippen LogP contribution in [0.1, 0.15) is 11.5 Å². The normalized spacial score (nSPS) is 15.6. The fourth-order valence-electron chi connectivity index (χ4n) is 4.20. The summed E-state index contributed by atoms with van der Waals surface area (Å²) in [7, 11) is -1.96. The Bertz CT molecular complexity index is 1410. The van der Waals surface area contributed by atoms with Crippen molar-refractivity contribution in [2.75, 3.05) is 33.3 Å². The van der Waals surface area contributed by atoms with Crippen molar-refractivity contribution in [1.82, 2.24) is 19.3 Å². The molecule has 34 heavy (non-hydrogen) atoms. The van der Waals surface area contributed by atoms with Gasteiger partial charge in [0.1, 0.15) is 5.75 Å². The maximum absolute atomic E-state index is 13.3. The van der Waals surface area contributed by atoms with Crippen molar-refractivity contribution in [2.24, 2.45) is 0 Å². The number of aryl methyl sites for hydroxylation is 1. The minimum atomic E-state index is -3.56. The summed E-state index contributed by atoms with van der Waals surface area (Å²) in [5, 5.41) is 5.77. The van der Waals surface area contributed by atoms with E-state index < -0.39 is 10.0 Å². The van der Waals surface area contributed by atoms with Crippen LogP contribution in [0.3, 0.4) is 0 Å². The topological polar surface area (TPSA) is 88.8 Å². The molecule has 1 aliphatic rings. The zero-order chi connectivity index (χ0) is 23.7. The lowest BCUT2D eigenvalue weighted by Crippen LogP contribution is -2.48. The van der Waals surface area contributed by atoms with Crippen LogP contribution in [0.4, 0.5) is 0 Å². The van der Waals surface area contributed by atoms with Gasteiger partial charge in [-0.3, -0.25) is 4.90 Å². The minimum absolute atomic E-state index is 0.314. The van der Waals surface area contributed by atoms with E-state index in [1.165, 1.54) is 0 Å². The SMILES string of the molecule is COc1ccc2ccc(S(=O)(=O)N3CCN(Cc4ccc(-c5noc(C)n5)cc4)CC3)cc2c1. The number of hydrogen-bond donors (Lipinski definition) is 0. The van der Waals surface area contributed by atoms with Crippen LogP contribution in [0.25, 0.3) is 22.2 Å². The van der Waals surface area contributed by atoms with Crippen molar-refractivity contribution in [3.05, 3.63) is 72.1 Å². The predicted molar refractivity (Wildman–Crippen MR) is 129 cm³/mol. The summed E-state index contributed by atoms with van der Waals surface area (Å²) in [6.07, 6.45) is 0. The van der Waals surface area contributed by atoms with E-state index in [-0.39, 0.29) is 0 Å². The first-order valence-corrected chi connectivity index (χ1v) is 12.6. The highest BCUT2D eigenvalue weighted by molar-refractivity contribution is 7.89. The van der Waals surface area contributed by atoms with E-state index in [0.29, 0.717) is 48.5 Å². The minimum Gasteiger partial charge on any atom is -0.497 e. The molecule has 0 aliphatic carbocycles. The third kappa shape index (κ3) is 4.54. The average Bonchev–Trinajstić information content (AvgIpc) is 3.30. The van der Waals surface area contributed by atoms with Gasteiger partial charge in [0, 0.05) is 45.2 Å². The highest BCUT2D eigenvalue weighted by Gasteiger charge is 2.28. The molecule has 2 heterocycles. The number of fused-ring (bicyclic) bond motifs is 1. The maximum atomic E-state index is 13.3. The summed E-state index contributed by atoms with van der Waals surface area (Å²) < 4.78 is 38.5. The summed E-state index contributed by atoms with van der Waals surface area (Å²) in [5.74, 6) is 1.82. The molecule has 1 aliphatic heterocycles. The molecule has 4 aromatic rings. The number of benzene rings is 3. The molecule has 3 aromatic carbocycles. The van der Waals surface area contributed by atoms with Crippen molar-refractivity contribution in [3.8, 4) is 17.1 Å². The molecule has 0 spiro atoms. The van der Waals surface area contributed by atoms with E-state index in [9.17, 15) is 8.42 Å². The van der Waals surface area contributed by atoms with Gasteiger partial charge in [-0.1, -0.05) is 41.6 Å². The molecule has 0 unspecified atom stereocenters. The lowest BCUT2D eigenvalue weighted by atomic mass is 10.1. The lowest BCUT2D eigenvalue weighted by molar-refractivity contribution is 0.181. The van der Waals surface area contributed by atoms with E-state index >= 15 is 0 Å². The van der Waals surface area contributed by atoms with Crippen LogP contribution in [0.2, 0.25) is 0 Å². The second-order valence-corrected chi connectivity index (χ2v) is 10.3. The molecule has 1 saturated heterocycles. The van der Waals surface area contributed by atoms with Crippen LogP contribution in [0, 0.1) is 6.92 Å². The number of piperazine rings is 1. The summed E-state index contributed by atoms with van der Waals surface area (Å²) in [6.45, 7) is 4.79. The van der Waals surface area contributed by atoms with Crippen LogP contribution in [0.15, 0.2) is 70.1 Å². The third-order valence-corrected chi connectivity index (χ3v) is 8.03. The first-order valence-electron chi connectivity index (χ1n) is 11.1. The lowest BCUT2D eigenvalue weighted by Gasteiger charge is -2.34. The maximum Gasteiger partial charge on any atom is 0.243 e. The molecule has 0 saturated carbocycles. The number of rotatable bonds is 6. The zero-order valence-electron chi connectivity index (χ0n) is 19.1. The van der Waals surface area contributed by atoms with Gasteiger partial charge in [0.25, 0.3) is 0 Å². The molecule has 8 nitrogen and oxygen atoms in total. The zero-order valence-corrected chi connectivity index (χ0v) is 20.0. The van der Waals surface area contributed by atoms with Crippen molar-refractivity contribution >= 4 is 20.8 Å². The fraction of sp³-hybridized carbons (Fsp3) is 0.280. The summed E-state index contributed by atoms with van der Waals surface area (Å²) in [6, 6.07) is 19.0. The van der Waals surface area contributed by atoms with Gasteiger partial charge in [-0.2, -0.15) is 9.29 Å². The van der Waals surface area contributed by atoms with Gasteiger partial charge in [0.05, 0.1) is 12.0 Å². The van der Waals surface area contributed by atoms with Gasteiger partial charge in [-0.15, -0.1) is 0 Å². The summed E-state index contributed by atoms with van der Waals surface area (Å²) in [4.78, 5) is 6.83. The first-order chi connectivity index (χ1) is 16.4. The van der Waals surface area contributed by atoms with Gasteiger partial charge in [-0.05, 0) is 40.6 Å². The van der Waals surface area contributed by atoms with Crippen LogP contribution in [0.5, 0.6) is 5.75 Å². The first kappa shape index (κ1) is 22.5. The summed E-state index contributed by atoms with van der Waals surface area (Å²) in [5.41, 5.74) is 2.06. The summed E-state index contributed by atoms with van der Waals surface area (Å²) >= 11 is 0. The van der Waals surface area contributed by atoms with Crippen molar-refractivity contribution in [1.29, 1.82) is 0 Å². The molecule has 9 heteroatoms. The molecule has 5 rings (SSSR count). The third-order valence-electron chi connectivity index (χ3n) is 6.13. The molecule has 0 N–H and O–H groups in total. The van der Waals surface area contributed by atoms with Crippen molar-refractivity contribution < 1.29 is 17.7 Å². The number of ether oxygens (including phenoxy) is 1. The number of nitrogens with zero attached hydrogens (tertiary/aromatic N) is 4. The highest BCUT2D eigenvalue weighted by Crippen LogP contribution is 2.26. The Kier molecular flexibility index (Phi) is 6.07. The Morgan fingerprint density at radius 3 is 2.35 bits per heavy atom. The molecule has 1 fully saturated rings. The van der Waals surface area contributed by atoms with Crippen LogP contribution in [-0.4, -0.2) is 61.1 Å². The second-order valence-electron chi connectivity index (χ2n) is 8.39. The molecule has 0 bridgehead atoms. The standard InChI is InChI=1S/C25H26N4O4S/c1-18-26-25(27-33-18)21-5-3-19(4-6-21)17-28-11-13-29(14-12-28)34(30,31)24-10-8-20-7-9-23(32-2)15-22(20)16-24/h3-10,15-16H,11-14,17H2,1-2H3. The molecular formula is C25H26N4O4S. The quantitative estimate of drug-likeness (QED) is 0.417. The Labute approximate surface area is 198 Å². The largest absolute Gasteiger partial charge is 0.497 e. The Morgan fingerprint density at radius 2 is 1.68 bits per heavy atom. The average molecular weight is 479 g/mol. The van der Waals surface area contributed by atoms with E-state index in [0.717, 1.165) is 28.4 Å². The number of hydrogen-bond acceptors (Lipinski definition) is 7. The highest BCUT2D eigenvalue weighted by atomic mass is 32.2. The Hall–Kier alpha value is -3.27. The van der Waals surface area contributed by atoms with E-state index in [2.05, 4.69) is 15.0 Å². The number of aromatic nitrogens is 2. The van der Waals surface area contributed by atoms with Crippen molar-refractivity contribution in [2.45, 2.75) is 18.4 Å². The Balaban J connectivity index is 1.23. The number of sulfonamides is 1. The molecule has 0 radical (unpaired) electrons. The number of methoxy groups -OCH3 is 1. The molecule has 0 atom stereocenters. The van der Waals surface area contributed by atoms with Gasteiger partial charge in [0.15, 0.2) is 0 Å². The van der Waals surface area contributed by atoms with Gasteiger partial charge in [-0.25, -0.2) is 8.42 Å². The monoisotopic (exact) mass is 478 g/mol. The van der Waals surface area contributed by atoms with E-state index in [4.69, 9.17) is 9.26 Å². The van der Waals surface area contributed by atoms with Crippen LogP contribution >= 0.6 is 0 Å². The molecule has 1 aromatic heterocycles. The van der Waals surface area contributed by atoms with Gasteiger partial charge < -0.3 is 9.26 Å². The predicted octanol–water partition coefficient (Wildman–Crippen LogP) is 3.71. The molecule has 0 amide bonds. The molecular weight excluding hydrogens is 452 g/mol. The molecule has 176 valence electrons. The van der Waals surface area contributed by atoms with Gasteiger partial charge in [0.2, 0.25) is 21.7 Å².